The molecule has 1 aliphatic rings. The fourth-order valence-corrected chi connectivity index (χ4v) is 4.05. The summed E-state index contributed by atoms with van der Waals surface area (Å²) >= 11 is 6.05. The second-order valence-corrected chi connectivity index (χ2v) is 6.79. The van der Waals surface area contributed by atoms with Gasteiger partial charge in [0.1, 0.15) is 5.15 Å². The molecular formula is C14H15ClN2O2SY-2. The second kappa shape index (κ2) is 7.01. The van der Waals surface area contributed by atoms with E-state index in [0.29, 0.717) is 33.9 Å². The van der Waals surface area contributed by atoms with Crippen molar-refractivity contribution < 1.29 is 41.1 Å². The maximum Gasteiger partial charge on any atom is 0.238 e. The van der Waals surface area contributed by atoms with Crippen molar-refractivity contribution in [2.45, 2.75) is 11.8 Å². The maximum atomic E-state index is 12.5. The summed E-state index contributed by atoms with van der Waals surface area (Å²) in [5.41, 5.74) is 0.808. The molecule has 0 saturated carbocycles. The summed E-state index contributed by atoms with van der Waals surface area (Å²) in [6, 6.07) is 5.12. The molecular weight excluding hydrogens is 385 g/mol. The summed E-state index contributed by atoms with van der Waals surface area (Å²) in [5, 5.41) is 1.66. The van der Waals surface area contributed by atoms with E-state index in [2.05, 4.69) is 4.98 Å². The van der Waals surface area contributed by atoms with Crippen LogP contribution in [0.2, 0.25) is 5.15 Å². The third-order valence-corrected chi connectivity index (χ3v) is 5.47. The fourth-order valence-electron chi connectivity index (χ4n) is 2.18. The van der Waals surface area contributed by atoms with E-state index in [1.165, 1.54) is 4.31 Å². The molecule has 7 heteroatoms. The van der Waals surface area contributed by atoms with E-state index in [1.54, 1.807) is 24.4 Å². The first-order valence-corrected chi connectivity index (χ1v) is 7.69. The zero-order chi connectivity index (χ0) is 13.6. The topological polar surface area (TPSA) is 50.3 Å². The van der Waals surface area contributed by atoms with Crippen LogP contribution in [0, 0.1) is 20.8 Å². The molecule has 1 aliphatic heterocycles. The summed E-state index contributed by atoms with van der Waals surface area (Å²) in [6.45, 7) is 2.78. The van der Waals surface area contributed by atoms with Crippen LogP contribution in [-0.4, -0.2) is 30.8 Å². The van der Waals surface area contributed by atoms with E-state index in [9.17, 15) is 8.42 Å². The Balaban J connectivity index is 0.00000110. The number of nitrogens with zero attached hydrogens (tertiary/aromatic N) is 2. The third kappa shape index (κ3) is 3.18. The predicted octanol–water partition coefficient (Wildman–Crippen LogP) is 2.85. The van der Waals surface area contributed by atoms with Crippen molar-refractivity contribution in [1.82, 2.24) is 9.29 Å². The zero-order valence-electron chi connectivity index (χ0n) is 11.9. The van der Waals surface area contributed by atoms with Crippen LogP contribution in [0.5, 0.6) is 0 Å². The molecule has 1 aromatic carbocycles. The molecule has 0 atom stereocenters. The fraction of sp³-hybridized carbons (Fsp3) is 0.214. The SMILES string of the molecule is Cc1cnc(Cl)c2cccc(S(=O)(=O)N3C[CH-]C3)c12.[CH3-].[Y]. The van der Waals surface area contributed by atoms with Gasteiger partial charge in [0.15, 0.2) is 0 Å². The van der Waals surface area contributed by atoms with Crippen molar-refractivity contribution in [2.75, 3.05) is 13.1 Å². The molecule has 2 aromatic rings. The van der Waals surface area contributed by atoms with Crippen LogP contribution in [0.3, 0.4) is 0 Å². The molecule has 0 amide bonds. The Bertz CT molecular complexity index is 761. The Hall–Kier alpha value is -0.0661. The molecule has 0 unspecified atom stereocenters. The van der Waals surface area contributed by atoms with Gasteiger partial charge in [-0.2, -0.15) is 0 Å². The number of hydrogen-bond donors (Lipinski definition) is 0. The molecule has 4 nitrogen and oxygen atoms in total. The molecule has 0 aliphatic carbocycles. The number of fused-ring (bicyclic) bond motifs is 1. The van der Waals surface area contributed by atoms with E-state index in [0.717, 1.165) is 5.56 Å². The van der Waals surface area contributed by atoms with Crippen LogP contribution < -0.4 is 0 Å². The van der Waals surface area contributed by atoms with Crippen LogP contribution in [0.25, 0.3) is 10.8 Å². The molecule has 21 heavy (non-hydrogen) atoms. The number of pyridine rings is 1. The monoisotopic (exact) mass is 399 g/mol. The first-order chi connectivity index (χ1) is 9.01. The van der Waals surface area contributed by atoms with Gasteiger partial charge in [0.2, 0.25) is 10.0 Å². The number of benzene rings is 1. The van der Waals surface area contributed by atoms with Crippen LogP contribution in [-0.2, 0) is 42.7 Å². The quantitative estimate of drug-likeness (QED) is 0.576. The van der Waals surface area contributed by atoms with Gasteiger partial charge in [-0.1, -0.05) is 23.7 Å². The van der Waals surface area contributed by atoms with Gasteiger partial charge in [-0.05, 0) is 18.6 Å². The second-order valence-electron chi connectivity index (χ2n) is 4.52. The maximum absolute atomic E-state index is 12.5. The molecule has 0 spiro atoms. The number of aromatic nitrogens is 1. The van der Waals surface area contributed by atoms with Crippen molar-refractivity contribution in [3.8, 4) is 0 Å². The summed E-state index contributed by atoms with van der Waals surface area (Å²) in [6.07, 6.45) is 3.52. The van der Waals surface area contributed by atoms with Crippen LogP contribution >= 0.6 is 11.6 Å². The molecule has 2 heterocycles. The van der Waals surface area contributed by atoms with Gasteiger partial charge in [0.25, 0.3) is 0 Å². The average Bonchev–Trinajstić information content (AvgIpc) is 2.30. The number of rotatable bonds is 2. The normalized spacial score (nSPS) is 15.0. The molecule has 0 bridgehead atoms. The molecule has 3 rings (SSSR count). The average molecular weight is 400 g/mol. The molecule has 111 valence electrons. The van der Waals surface area contributed by atoms with Gasteiger partial charge in [-0.15, -0.1) is 13.1 Å². The minimum atomic E-state index is -3.45. The van der Waals surface area contributed by atoms with Crippen molar-refractivity contribution in [2.24, 2.45) is 0 Å². The van der Waals surface area contributed by atoms with Crippen LogP contribution in [0.15, 0.2) is 29.3 Å². The molecule has 0 N–H and O–H groups in total. The Labute approximate surface area is 155 Å². The summed E-state index contributed by atoms with van der Waals surface area (Å²) in [4.78, 5) is 4.37. The first kappa shape index (κ1) is 19.0. The van der Waals surface area contributed by atoms with Crippen molar-refractivity contribution >= 4 is 32.4 Å². The van der Waals surface area contributed by atoms with Gasteiger partial charge in [0, 0.05) is 49.7 Å². The molecule has 1 saturated heterocycles. The minimum Gasteiger partial charge on any atom is -0.358 e. The Morgan fingerprint density at radius 1 is 1.33 bits per heavy atom. The third-order valence-electron chi connectivity index (χ3n) is 3.30. The molecule has 1 fully saturated rings. The van der Waals surface area contributed by atoms with Gasteiger partial charge in [0.05, 0.1) is 4.90 Å². The Morgan fingerprint density at radius 2 is 2.00 bits per heavy atom. The van der Waals surface area contributed by atoms with Gasteiger partial charge >= 0.3 is 0 Å². The van der Waals surface area contributed by atoms with Gasteiger partial charge < -0.3 is 7.43 Å². The van der Waals surface area contributed by atoms with Crippen LogP contribution in [0.1, 0.15) is 5.56 Å². The molecule has 1 radical (unpaired) electrons. The zero-order valence-corrected chi connectivity index (χ0v) is 16.3. The first-order valence-electron chi connectivity index (χ1n) is 5.87. The summed E-state index contributed by atoms with van der Waals surface area (Å²) in [7, 11) is -3.45. The van der Waals surface area contributed by atoms with E-state index in [-0.39, 0.29) is 40.1 Å². The summed E-state index contributed by atoms with van der Waals surface area (Å²) in [5.74, 6) is 0. The summed E-state index contributed by atoms with van der Waals surface area (Å²) < 4.78 is 26.5. The Kier molecular flexibility index (Phi) is 6.33. The minimum absolute atomic E-state index is 0. The standard InChI is InChI=1S/C13H12ClN2O2S.CH3.Y/c1-9-8-15-13(14)10-4-2-5-11(12(9)10)19(17,18)16-6-3-7-16;;/h2-5,8H,6-7H2,1H3;1H3;/q2*-1;. The van der Waals surface area contributed by atoms with Gasteiger partial charge in [-0.25, -0.2) is 13.4 Å². The van der Waals surface area contributed by atoms with E-state index >= 15 is 0 Å². The van der Waals surface area contributed by atoms with Gasteiger partial charge in [-0.3, -0.25) is 10.7 Å². The largest absolute Gasteiger partial charge is 0.358 e. The predicted molar refractivity (Wildman–Crippen MR) is 81.0 cm³/mol. The van der Waals surface area contributed by atoms with Crippen molar-refractivity contribution in [3.63, 3.8) is 0 Å². The van der Waals surface area contributed by atoms with E-state index in [1.807, 2.05) is 13.3 Å². The van der Waals surface area contributed by atoms with E-state index in [4.69, 9.17) is 11.6 Å². The Morgan fingerprint density at radius 3 is 2.57 bits per heavy atom. The van der Waals surface area contributed by atoms with E-state index < -0.39 is 10.0 Å². The smallest absolute Gasteiger partial charge is 0.238 e. The van der Waals surface area contributed by atoms with Crippen molar-refractivity contribution in [3.05, 3.63) is 49.0 Å². The number of aryl methyl sites for hydroxylation is 1. The number of sulfonamides is 1. The number of halogens is 1. The number of hydrogen-bond acceptors (Lipinski definition) is 3. The van der Waals surface area contributed by atoms with Crippen LogP contribution in [0.4, 0.5) is 0 Å². The molecule has 1 aromatic heterocycles. The van der Waals surface area contributed by atoms with Crippen molar-refractivity contribution in [1.29, 1.82) is 0 Å².